The van der Waals surface area contributed by atoms with E-state index in [-0.39, 0.29) is 25.4 Å². The predicted octanol–water partition coefficient (Wildman–Crippen LogP) is 3.83. The third-order valence-corrected chi connectivity index (χ3v) is 6.24. The second-order valence-corrected chi connectivity index (χ2v) is 8.64. The van der Waals surface area contributed by atoms with Crippen molar-refractivity contribution in [1.82, 2.24) is 10.6 Å². The van der Waals surface area contributed by atoms with Crippen LogP contribution >= 0.6 is 0 Å². The van der Waals surface area contributed by atoms with Crippen LogP contribution < -0.4 is 10.6 Å². The van der Waals surface area contributed by atoms with E-state index >= 15 is 0 Å². The Balaban J connectivity index is 1.36. The molecule has 1 fully saturated rings. The number of alkyl carbamates (subject to hydrolysis) is 1. The monoisotopic (exact) mass is 476 g/mol. The van der Waals surface area contributed by atoms with Gasteiger partial charge in [-0.15, -0.1) is 0 Å². The van der Waals surface area contributed by atoms with Crippen molar-refractivity contribution >= 4 is 18.0 Å². The Morgan fingerprint density at radius 1 is 1.03 bits per heavy atom. The number of nitrogens with one attached hydrogen (secondary N) is 2. The second-order valence-electron chi connectivity index (χ2n) is 8.64. The van der Waals surface area contributed by atoms with E-state index in [1.54, 1.807) is 0 Å². The van der Waals surface area contributed by atoms with Gasteiger partial charge in [-0.2, -0.15) is 13.2 Å². The Morgan fingerprint density at radius 3 is 2.09 bits per heavy atom. The van der Waals surface area contributed by atoms with Crippen LogP contribution in [0.4, 0.5) is 18.0 Å². The molecule has 0 spiro atoms. The quantitative estimate of drug-likeness (QED) is 0.537. The summed E-state index contributed by atoms with van der Waals surface area (Å²) in [4.78, 5) is 35.4. The van der Waals surface area contributed by atoms with Crippen molar-refractivity contribution in [2.75, 3.05) is 13.2 Å². The van der Waals surface area contributed by atoms with Crippen LogP contribution in [0.3, 0.4) is 0 Å². The van der Waals surface area contributed by atoms with Crippen LogP contribution in [0.1, 0.15) is 36.3 Å². The lowest BCUT2D eigenvalue weighted by molar-refractivity contribution is -0.181. The summed E-state index contributed by atoms with van der Waals surface area (Å²) >= 11 is 0. The zero-order valence-electron chi connectivity index (χ0n) is 18.0. The maximum absolute atomic E-state index is 13.5. The van der Waals surface area contributed by atoms with Gasteiger partial charge in [0.25, 0.3) is 0 Å². The topological polar surface area (TPSA) is 105 Å². The number of fused-ring (bicyclic) bond motifs is 3. The first-order valence-corrected chi connectivity index (χ1v) is 10.8. The highest BCUT2D eigenvalue weighted by molar-refractivity contribution is 5.83. The van der Waals surface area contributed by atoms with Crippen LogP contribution in [0.15, 0.2) is 48.5 Å². The Hall–Kier alpha value is -3.56. The van der Waals surface area contributed by atoms with Gasteiger partial charge >= 0.3 is 18.2 Å². The van der Waals surface area contributed by atoms with Gasteiger partial charge in [-0.25, -0.2) is 4.79 Å². The molecule has 180 valence electrons. The van der Waals surface area contributed by atoms with Crippen molar-refractivity contribution in [3.63, 3.8) is 0 Å². The number of carboxylic acid groups (broad SMARTS) is 1. The van der Waals surface area contributed by atoms with E-state index < -0.39 is 48.6 Å². The van der Waals surface area contributed by atoms with Crippen LogP contribution in [0.5, 0.6) is 0 Å². The highest BCUT2D eigenvalue weighted by atomic mass is 19.4. The molecule has 0 aromatic heterocycles. The highest BCUT2D eigenvalue weighted by Gasteiger charge is 2.51. The lowest BCUT2D eigenvalue weighted by Crippen LogP contribution is -2.50. The Bertz CT molecular complexity index is 1070. The molecule has 2 aromatic carbocycles. The van der Waals surface area contributed by atoms with E-state index in [0.29, 0.717) is 0 Å². The third-order valence-electron chi connectivity index (χ3n) is 6.24. The van der Waals surface area contributed by atoms with E-state index in [9.17, 15) is 27.6 Å². The molecule has 2 aromatic rings. The van der Waals surface area contributed by atoms with Gasteiger partial charge in [0, 0.05) is 12.5 Å². The number of benzene rings is 2. The molecular weight excluding hydrogens is 453 g/mol. The number of carbonyl (C=O) groups excluding carboxylic acids is 2. The number of alkyl halides is 3. The van der Waals surface area contributed by atoms with E-state index in [1.807, 2.05) is 53.8 Å². The fourth-order valence-corrected chi connectivity index (χ4v) is 4.33. The molecule has 0 radical (unpaired) electrons. The standard InChI is InChI=1S/C24H23F3N2O5/c25-24(26,27)19(21(32)29-23(9-10-23)11-20(30)31)12-28-22(33)34-13-18-16-7-3-1-5-14(16)15-6-2-4-8-17(15)18/h1-8,18-19H,9-13H2,(H,28,33)(H,29,32)(H,30,31). The largest absolute Gasteiger partial charge is 0.481 e. The average molecular weight is 476 g/mol. The van der Waals surface area contributed by atoms with Crippen molar-refractivity contribution < 1.29 is 37.4 Å². The van der Waals surface area contributed by atoms with Crippen molar-refractivity contribution in [3.8, 4) is 11.1 Å². The fourth-order valence-electron chi connectivity index (χ4n) is 4.33. The summed E-state index contributed by atoms with van der Waals surface area (Å²) in [6.07, 6.45) is -5.89. The van der Waals surface area contributed by atoms with Crippen LogP contribution in [0, 0.1) is 5.92 Å². The van der Waals surface area contributed by atoms with Gasteiger partial charge < -0.3 is 20.5 Å². The fraction of sp³-hybridized carbons (Fsp3) is 0.375. The molecule has 34 heavy (non-hydrogen) atoms. The summed E-state index contributed by atoms with van der Waals surface area (Å²) < 4.78 is 45.6. The van der Waals surface area contributed by atoms with Crippen LogP contribution in [-0.2, 0) is 14.3 Å². The minimum absolute atomic E-state index is 0.0789. The summed E-state index contributed by atoms with van der Waals surface area (Å²) in [7, 11) is 0. The molecule has 0 bridgehead atoms. The minimum Gasteiger partial charge on any atom is -0.481 e. The molecule has 1 atom stereocenters. The number of hydrogen-bond acceptors (Lipinski definition) is 4. The Kier molecular flexibility index (Phi) is 6.24. The lowest BCUT2D eigenvalue weighted by Gasteiger charge is -2.23. The lowest BCUT2D eigenvalue weighted by atomic mass is 9.98. The van der Waals surface area contributed by atoms with Gasteiger partial charge in [-0.1, -0.05) is 48.5 Å². The van der Waals surface area contributed by atoms with Crippen LogP contribution in [0.2, 0.25) is 0 Å². The summed E-state index contributed by atoms with van der Waals surface area (Å²) in [6, 6.07) is 15.3. The molecule has 0 heterocycles. The zero-order chi connectivity index (χ0) is 24.5. The molecule has 2 aliphatic rings. The van der Waals surface area contributed by atoms with Crippen molar-refractivity contribution in [2.45, 2.75) is 36.9 Å². The van der Waals surface area contributed by atoms with E-state index in [1.165, 1.54) is 0 Å². The van der Waals surface area contributed by atoms with Crippen LogP contribution in [0.25, 0.3) is 11.1 Å². The second kappa shape index (κ2) is 9.00. The zero-order valence-corrected chi connectivity index (χ0v) is 18.0. The Morgan fingerprint density at radius 2 is 1.59 bits per heavy atom. The summed E-state index contributed by atoms with van der Waals surface area (Å²) in [5.74, 6) is -5.37. The molecule has 10 heteroatoms. The predicted molar refractivity (Wildman–Crippen MR) is 115 cm³/mol. The number of aliphatic carboxylic acids is 1. The Labute approximate surface area is 193 Å². The molecule has 7 nitrogen and oxygen atoms in total. The van der Waals surface area contributed by atoms with Gasteiger partial charge in [-0.05, 0) is 35.1 Å². The van der Waals surface area contributed by atoms with Gasteiger partial charge in [0.15, 0.2) is 5.92 Å². The molecular formula is C24H23F3N2O5. The molecule has 2 aliphatic carbocycles. The van der Waals surface area contributed by atoms with Crippen LogP contribution in [-0.4, -0.2) is 47.9 Å². The first-order valence-electron chi connectivity index (χ1n) is 10.8. The van der Waals surface area contributed by atoms with Gasteiger partial charge in [-0.3, -0.25) is 9.59 Å². The SMILES string of the molecule is O=C(O)CC1(NC(=O)C(CNC(=O)OCC2c3ccccc3-c3ccccc32)C(F)(F)F)CC1. The molecule has 3 N–H and O–H groups in total. The van der Waals surface area contributed by atoms with Crippen molar-refractivity contribution in [2.24, 2.45) is 5.92 Å². The normalized spacial score (nSPS) is 16.7. The average Bonchev–Trinajstić information content (AvgIpc) is 3.43. The number of amides is 2. The number of hydrogen-bond donors (Lipinski definition) is 3. The third kappa shape index (κ3) is 5.00. The van der Waals surface area contributed by atoms with E-state index in [0.717, 1.165) is 22.3 Å². The molecule has 2 amide bonds. The first kappa shape index (κ1) is 23.6. The summed E-state index contributed by atoms with van der Waals surface area (Å²) in [6.45, 7) is -1.10. The van der Waals surface area contributed by atoms with Gasteiger partial charge in [0.05, 0.1) is 12.0 Å². The van der Waals surface area contributed by atoms with Gasteiger partial charge in [0.2, 0.25) is 5.91 Å². The first-order chi connectivity index (χ1) is 16.1. The van der Waals surface area contributed by atoms with E-state index in [2.05, 4.69) is 5.32 Å². The smallest absolute Gasteiger partial charge is 0.407 e. The number of rotatable bonds is 8. The number of halogens is 3. The molecule has 4 rings (SSSR count). The molecule has 1 unspecified atom stereocenters. The maximum Gasteiger partial charge on any atom is 0.407 e. The van der Waals surface area contributed by atoms with Gasteiger partial charge in [0.1, 0.15) is 6.61 Å². The number of ether oxygens (including phenoxy) is 1. The van der Waals surface area contributed by atoms with Crippen molar-refractivity contribution in [3.05, 3.63) is 59.7 Å². The number of carboxylic acids is 1. The number of carbonyl (C=O) groups is 3. The highest BCUT2D eigenvalue weighted by Crippen LogP contribution is 2.44. The summed E-state index contributed by atoms with van der Waals surface area (Å²) in [5, 5.41) is 13.1. The maximum atomic E-state index is 13.5. The minimum atomic E-state index is -4.93. The molecule has 0 aliphatic heterocycles. The summed E-state index contributed by atoms with van der Waals surface area (Å²) in [5.41, 5.74) is 2.78. The molecule has 1 saturated carbocycles. The van der Waals surface area contributed by atoms with E-state index in [4.69, 9.17) is 9.84 Å². The molecule has 0 saturated heterocycles. The van der Waals surface area contributed by atoms with Crippen molar-refractivity contribution in [1.29, 1.82) is 0 Å².